The van der Waals surface area contributed by atoms with Crippen LogP contribution in [0.1, 0.15) is 41.5 Å². The van der Waals surface area contributed by atoms with Crippen molar-refractivity contribution in [2.24, 2.45) is 0 Å². The summed E-state index contributed by atoms with van der Waals surface area (Å²) in [4.78, 5) is 0. The molecule has 2 heteroatoms. The summed E-state index contributed by atoms with van der Waals surface area (Å²) in [6.07, 6.45) is -0.167. The van der Waals surface area contributed by atoms with Gasteiger partial charge in [0.25, 0.3) is 0 Å². The van der Waals surface area contributed by atoms with Gasteiger partial charge in [-0.2, -0.15) is 27.7 Å². The molecular weight excluding hydrogens is 196 g/mol. The van der Waals surface area contributed by atoms with Gasteiger partial charge in [0.2, 0.25) is 0 Å². The van der Waals surface area contributed by atoms with Gasteiger partial charge in [0.05, 0.1) is 0 Å². The molecule has 0 rings (SSSR count). The zero-order chi connectivity index (χ0) is 11.6. The zero-order valence-electron chi connectivity index (χ0n) is 10.4. The van der Waals surface area contributed by atoms with E-state index in [2.05, 4.69) is 27.7 Å². The van der Waals surface area contributed by atoms with E-state index in [-0.39, 0.29) is 27.8 Å². The average Bonchev–Trinajstić information content (AvgIpc) is 2.16. The second-order valence-corrected chi connectivity index (χ2v) is 1.09. The maximum absolute atomic E-state index is 8.06. The predicted molar refractivity (Wildman–Crippen MR) is 61.5 cm³/mol. The van der Waals surface area contributed by atoms with E-state index in [1.165, 1.54) is 0 Å². The van der Waals surface area contributed by atoms with Crippen LogP contribution in [0.5, 0.6) is 0 Å². The number of aliphatic hydroxyl groups excluding tert-OH is 1. The minimum Gasteiger partial charge on any atom is -0.394 e. The summed E-state index contributed by atoms with van der Waals surface area (Å²) in [6, 6.07) is 0. The Balaban J connectivity index is -0.0000000122. The smallest absolute Gasteiger partial charge is 0.394 e. The van der Waals surface area contributed by atoms with E-state index in [0.717, 1.165) is 0 Å². The Hall–Kier alpha value is 0.674. The van der Waals surface area contributed by atoms with Crippen molar-refractivity contribution in [3.8, 4) is 0 Å². The first-order valence-electron chi connectivity index (χ1n) is 4.24. The third-order valence-corrected chi connectivity index (χ3v) is 0. The molecule has 0 bridgehead atoms. The van der Waals surface area contributed by atoms with E-state index in [4.69, 9.17) is 5.11 Å². The van der Waals surface area contributed by atoms with E-state index in [1.807, 2.05) is 0 Å². The second-order valence-electron chi connectivity index (χ2n) is 1.09. The van der Waals surface area contributed by atoms with Gasteiger partial charge < -0.3 is 32.8 Å². The Morgan fingerprint density at radius 2 is 0.692 bits per heavy atom. The van der Waals surface area contributed by atoms with Gasteiger partial charge in [-0.05, 0) is 13.8 Å². The van der Waals surface area contributed by atoms with E-state index < -0.39 is 0 Å². The van der Waals surface area contributed by atoms with Gasteiger partial charge in [-0.25, -0.2) is 0 Å². The Morgan fingerprint density at radius 3 is 0.692 bits per heavy atom. The Labute approximate surface area is 102 Å². The molecule has 0 aromatic rings. The van der Waals surface area contributed by atoms with Gasteiger partial charge >= 0.3 is 21.7 Å². The van der Waals surface area contributed by atoms with Crippen molar-refractivity contribution in [2.45, 2.75) is 47.6 Å². The maximum Gasteiger partial charge on any atom is 4.00 e. The monoisotopic (exact) mass is 224 g/mol. The van der Waals surface area contributed by atoms with Gasteiger partial charge in [0.1, 0.15) is 0 Å². The molecule has 0 saturated heterocycles. The molecule has 0 radical (unpaired) electrons. The van der Waals surface area contributed by atoms with Gasteiger partial charge in [-0.1, -0.05) is 0 Å². The second kappa shape index (κ2) is 128. The molecule has 0 aliphatic rings. The molecule has 0 spiro atoms. The van der Waals surface area contributed by atoms with E-state index in [0.29, 0.717) is 0 Å². The molecular formula is C11H28OTi. The first-order chi connectivity index (χ1) is 5.73. The zero-order valence-corrected chi connectivity index (χ0v) is 11.9. The van der Waals surface area contributed by atoms with Crippen LogP contribution in [0.25, 0.3) is 0 Å². The minimum atomic E-state index is -0.167. The van der Waals surface area contributed by atoms with Crippen LogP contribution in [0.15, 0.2) is 0 Å². The van der Waals surface area contributed by atoms with Gasteiger partial charge in [0.15, 0.2) is 0 Å². The Bertz CT molecular complexity index is 14.8. The molecule has 0 fully saturated rings. The summed E-state index contributed by atoms with van der Waals surface area (Å²) in [5.41, 5.74) is 0. The van der Waals surface area contributed by atoms with Crippen molar-refractivity contribution in [1.82, 2.24) is 0 Å². The normalized spacial score (nSPS) is 4.62. The minimum absolute atomic E-state index is 0. The van der Waals surface area contributed by atoms with Crippen molar-refractivity contribution in [1.29, 1.82) is 0 Å². The molecule has 0 amide bonds. The van der Waals surface area contributed by atoms with Crippen LogP contribution in [0.2, 0.25) is 0 Å². The average molecular weight is 224 g/mol. The molecule has 13 heavy (non-hydrogen) atoms. The summed E-state index contributed by atoms with van der Waals surface area (Å²) in [5, 5.41) is 8.06. The van der Waals surface area contributed by atoms with Crippen LogP contribution in [0.4, 0.5) is 0 Å². The molecule has 0 aliphatic carbocycles. The summed E-state index contributed by atoms with van der Waals surface area (Å²) in [6.45, 7) is 23.4. The summed E-state index contributed by atoms with van der Waals surface area (Å²) in [7, 11) is 0. The molecule has 0 heterocycles. The van der Waals surface area contributed by atoms with Crippen LogP contribution < -0.4 is 0 Å². The summed E-state index contributed by atoms with van der Waals surface area (Å²) in [5.74, 6) is 0. The summed E-state index contributed by atoms with van der Waals surface area (Å²) >= 11 is 0. The van der Waals surface area contributed by atoms with Gasteiger partial charge in [-0.15, -0.1) is 0 Å². The van der Waals surface area contributed by atoms with E-state index >= 15 is 0 Å². The molecule has 0 aliphatic heterocycles. The number of aliphatic hydroxyl groups is 1. The van der Waals surface area contributed by atoms with Crippen molar-refractivity contribution in [2.75, 3.05) is 0 Å². The third kappa shape index (κ3) is 3180. The van der Waals surface area contributed by atoms with Crippen molar-refractivity contribution < 1.29 is 26.8 Å². The molecule has 0 saturated carbocycles. The number of rotatable bonds is 0. The fourth-order valence-electron chi connectivity index (χ4n) is 0. The van der Waals surface area contributed by atoms with Crippen LogP contribution in [-0.2, 0) is 21.7 Å². The van der Waals surface area contributed by atoms with E-state index in [1.54, 1.807) is 41.5 Å². The van der Waals surface area contributed by atoms with Crippen molar-refractivity contribution in [3.05, 3.63) is 27.7 Å². The molecule has 0 unspecified atom stereocenters. The topological polar surface area (TPSA) is 20.2 Å². The number of hydrogen-bond acceptors (Lipinski definition) is 1. The quantitative estimate of drug-likeness (QED) is 0.490. The first kappa shape index (κ1) is 37.3. The van der Waals surface area contributed by atoms with Gasteiger partial charge in [-0.3, -0.25) is 0 Å². The predicted octanol–water partition coefficient (Wildman–Crippen LogP) is 3.75. The standard InChI is InChI=1S/C3H8O.4C2H5.Ti/c1-3(2)4;4*1-2;/h3-4H,1-2H3;4*1H2,2H3;/q;4*-1;+4. The van der Waals surface area contributed by atoms with Crippen molar-refractivity contribution in [3.63, 3.8) is 0 Å². The fourth-order valence-corrected chi connectivity index (χ4v) is 0. The fraction of sp³-hybridized carbons (Fsp3) is 0.636. The number of hydrogen-bond donors (Lipinski definition) is 1. The molecule has 0 aromatic carbocycles. The third-order valence-electron chi connectivity index (χ3n) is 0. The first-order valence-corrected chi connectivity index (χ1v) is 4.24. The maximum atomic E-state index is 8.06. The van der Waals surface area contributed by atoms with E-state index in [9.17, 15) is 0 Å². The van der Waals surface area contributed by atoms with Crippen LogP contribution in [0.3, 0.4) is 0 Å². The Morgan fingerprint density at radius 1 is 0.692 bits per heavy atom. The molecule has 82 valence electrons. The molecule has 1 N–H and O–H groups in total. The molecule has 0 atom stereocenters. The van der Waals surface area contributed by atoms with Crippen LogP contribution in [0, 0.1) is 27.7 Å². The van der Waals surface area contributed by atoms with Crippen molar-refractivity contribution >= 4 is 0 Å². The van der Waals surface area contributed by atoms with Gasteiger partial charge in [0, 0.05) is 6.10 Å². The SMILES string of the molecule is CC(C)O.[CH2-]C.[CH2-]C.[CH2-]C.[CH2-]C.[Ti+4]. The van der Waals surface area contributed by atoms with Crippen LogP contribution in [-0.4, -0.2) is 11.2 Å². The Kier molecular flexibility index (Phi) is 367. The van der Waals surface area contributed by atoms with Crippen LogP contribution >= 0.6 is 0 Å². The largest absolute Gasteiger partial charge is 4.00 e. The summed E-state index contributed by atoms with van der Waals surface area (Å²) < 4.78 is 0. The molecule has 0 aromatic heterocycles. The molecule has 1 nitrogen and oxygen atoms in total.